The predicted molar refractivity (Wildman–Crippen MR) is 82.5 cm³/mol. The third kappa shape index (κ3) is 6.22. The largest absolute Gasteiger partial charge is 0.367 e. The summed E-state index contributed by atoms with van der Waals surface area (Å²) in [5.41, 5.74) is 2.51. The Morgan fingerprint density at radius 2 is 1.63 bits per heavy atom. The molecule has 1 unspecified atom stereocenters. The van der Waals surface area contributed by atoms with Crippen molar-refractivity contribution >= 4 is 0 Å². The van der Waals surface area contributed by atoms with Gasteiger partial charge in [-0.05, 0) is 59.6 Å². The van der Waals surface area contributed by atoms with Crippen molar-refractivity contribution in [3.63, 3.8) is 0 Å². The van der Waals surface area contributed by atoms with Gasteiger partial charge in [0.05, 0.1) is 11.7 Å². The number of hydrogen-bond donors (Lipinski definition) is 1. The fourth-order valence-corrected chi connectivity index (χ4v) is 1.99. The molecule has 0 spiro atoms. The smallest absolute Gasteiger partial charge is 0.0959 e. The van der Waals surface area contributed by atoms with Crippen molar-refractivity contribution in [3.05, 3.63) is 35.4 Å². The molecule has 0 aliphatic heterocycles. The highest BCUT2D eigenvalue weighted by Gasteiger charge is 2.23. The summed E-state index contributed by atoms with van der Waals surface area (Å²) < 4.78 is 6.24. The van der Waals surface area contributed by atoms with E-state index in [1.807, 2.05) is 0 Å². The molecule has 1 N–H and O–H groups in total. The average Bonchev–Trinajstić information content (AvgIpc) is 2.22. The molecule has 1 rings (SSSR count). The van der Waals surface area contributed by atoms with E-state index in [1.165, 1.54) is 11.1 Å². The molecule has 0 aromatic heterocycles. The Morgan fingerprint density at radius 3 is 2.11 bits per heavy atom. The summed E-state index contributed by atoms with van der Waals surface area (Å²) in [5, 5.41) is 3.55. The van der Waals surface area contributed by atoms with Crippen LogP contribution < -0.4 is 5.32 Å². The minimum Gasteiger partial charge on any atom is -0.367 e. The molecular formula is C17H29NO. The number of aryl methyl sites for hydroxylation is 1. The van der Waals surface area contributed by atoms with E-state index in [-0.39, 0.29) is 17.2 Å². The van der Waals surface area contributed by atoms with E-state index in [9.17, 15) is 0 Å². The second kappa shape index (κ2) is 6.06. The molecule has 19 heavy (non-hydrogen) atoms. The number of ether oxygens (including phenoxy) is 1. The summed E-state index contributed by atoms with van der Waals surface area (Å²) in [5.74, 6) is 0. The highest BCUT2D eigenvalue weighted by Crippen LogP contribution is 2.26. The lowest BCUT2D eigenvalue weighted by atomic mass is 10.0. The average molecular weight is 263 g/mol. The van der Waals surface area contributed by atoms with Crippen molar-refractivity contribution in [2.75, 3.05) is 6.54 Å². The van der Waals surface area contributed by atoms with Gasteiger partial charge in [-0.2, -0.15) is 0 Å². The zero-order valence-electron chi connectivity index (χ0n) is 13.5. The Hall–Kier alpha value is -0.860. The fraction of sp³-hybridized carbons (Fsp3) is 0.647. The van der Waals surface area contributed by atoms with E-state index in [4.69, 9.17) is 4.74 Å². The van der Waals surface area contributed by atoms with Crippen molar-refractivity contribution < 1.29 is 4.74 Å². The summed E-state index contributed by atoms with van der Waals surface area (Å²) in [6, 6.07) is 8.46. The van der Waals surface area contributed by atoms with Crippen LogP contribution in [0, 0.1) is 6.92 Å². The Bertz CT molecular complexity index is 398. The van der Waals surface area contributed by atoms with Gasteiger partial charge in [0.2, 0.25) is 0 Å². The molecule has 1 atom stereocenters. The van der Waals surface area contributed by atoms with Crippen LogP contribution in [0.25, 0.3) is 0 Å². The van der Waals surface area contributed by atoms with E-state index in [2.05, 4.69) is 78.0 Å². The summed E-state index contributed by atoms with van der Waals surface area (Å²) in [4.78, 5) is 0. The molecule has 0 radical (unpaired) electrons. The quantitative estimate of drug-likeness (QED) is 0.877. The lowest BCUT2D eigenvalue weighted by Crippen LogP contribution is -2.40. The zero-order valence-corrected chi connectivity index (χ0v) is 13.5. The summed E-state index contributed by atoms with van der Waals surface area (Å²) in [6.45, 7) is 15.8. The molecule has 108 valence electrons. The first kappa shape index (κ1) is 16.2. The van der Waals surface area contributed by atoms with Gasteiger partial charge in [0.15, 0.2) is 0 Å². The van der Waals surface area contributed by atoms with Crippen LogP contribution in [0.4, 0.5) is 0 Å². The maximum Gasteiger partial charge on any atom is 0.0959 e. The summed E-state index contributed by atoms with van der Waals surface area (Å²) >= 11 is 0. The van der Waals surface area contributed by atoms with Gasteiger partial charge in [0, 0.05) is 12.1 Å². The lowest BCUT2D eigenvalue weighted by molar-refractivity contribution is -0.0627. The Balaban J connectivity index is 2.90. The fourth-order valence-electron chi connectivity index (χ4n) is 1.99. The van der Waals surface area contributed by atoms with E-state index in [0.29, 0.717) is 0 Å². The molecule has 1 aromatic carbocycles. The van der Waals surface area contributed by atoms with Crippen LogP contribution in [0.3, 0.4) is 0 Å². The minimum absolute atomic E-state index is 0.0837. The molecule has 0 amide bonds. The van der Waals surface area contributed by atoms with Gasteiger partial charge >= 0.3 is 0 Å². The van der Waals surface area contributed by atoms with Crippen LogP contribution >= 0.6 is 0 Å². The van der Waals surface area contributed by atoms with E-state index in [1.54, 1.807) is 0 Å². The van der Waals surface area contributed by atoms with E-state index in [0.717, 1.165) is 6.54 Å². The Morgan fingerprint density at radius 1 is 1.05 bits per heavy atom. The molecule has 0 saturated carbocycles. The molecule has 0 fully saturated rings. The van der Waals surface area contributed by atoms with Gasteiger partial charge in [-0.15, -0.1) is 0 Å². The third-order valence-electron chi connectivity index (χ3n) is 2.85. The van der Waals surface area contributed by atoms with Crippen LogP contribution in [0.15, 0.2) is 24.3 Å². The van der Waals surface area contributed by atoms with Crippen LogP contribution in [-0.2, 0) is 4.74 Å². The monoisotopic (exact) mass is 263 g/mol. The van der Waals surface area contributed by atoms with Crippen molar-refractivity contribution in [1.29, 1.82) is 0 Å². The Labute approximate surface area is 118 Å². The molecule has 0 aliphatic carbocycles. The zero-order chi connectivity index (χ0) is 14.7. The molecule has 1 aromatic rings. The van der Waals surface area contributed by atoms with Gasteiger partial charge in [0.25, 0.3) is 0 Å². The van der Waals surface area contributed by atoms with Crippen molar-refractivity contribution in [2.45, 2.75) is 65.7 Å². The van der Waals surface area contributed by atoms with Crippen molar-refractivity contribution in [3.8, 4) is 0 Å². The molecule has 0 heterocycles. The SMILES string of the molecule is Cc1ccccc1C(CNC(C)(C)C)OC(C)(C)C. The van der Waals surface area contributed by atoms with Gasteiger partial charge in [-0.25, -0.2) is 0 Å². The van der Waals surface area contributed by atoms with E-state index >= 15 is 0 Å². The van der Waals surface area contributed by atoms with Gasteiger partial charge in [-0.3, -0.25) is 0 Å². The predicted octanol–water partition coefficient (Wildman–Crippen LogP) is 4.24. The molecular weight excluding hydrogens is 234 g/mol. The first-order valence-electron chi connectivity index (χ1n) is 7.07. The molecule has 0 aliphatic rings. The van der Waals surface area contributed by atoms with Crippen molar-refractivity contribution in [2.24, 2.45) is 0 Å². The summed E-state index contributed by atoms with van der Waals surface area (Å²) in [6.07, 6.45) is 0.0837. The highest BCUT2D eigenvalue weighted by atomic mass is 16.5. The second-order valence-corrected chi connectivity index (χ2v) is 7.21. The molecule has 2 nitrogen and oxygen atoms in total. The minimum atomic E-state index is -0.146. The molecule has 0 bridgehead atoms. The van der Waals surface area contributed by atoms with Crippen LogP contribution in [0.5, 0.6) is 0 Å². The highest BCUT2D eigenvalue weighted by molar-refractivity contribution is 5.28. The molecule has 0 saturated heterocycles. The van der Waals surface area contributed by atoms with Crippen LogP contribution in [-0.4, -0.2) is 17.7 Å². The maximum absolute atomic E-state index is 6.24. The summed E-state index contributed by atoms with van der Waals surface area (Å²) in [7, 11) is 0. The number of hydrogen-bond acceptors (Lipinski definition) is 2. The van der Waals surface area contributed by atoms with E-state index < -0.39 is 0 Å². The van der Waals surface area contributed by atoms with Gasteiger partial charge in [0.1, 0.15) is 0 Å². The standard InChI is InChI=1S/C17H29NO/c1-13-10-8-9-11-14(13)15(19-17(5,6)7)12-18-16(2,3)4/h8-11,15,18H,12H2,1-7H3. The maximum atomic E-state index is 6.24. The lowest BCUT2D eigenvalue weighted by Gasteiger charge is -2.31. The number of rotatable bonds is 4. The van der Waals surface area contributed by atoms with Gasteiger partial charge < -0.3 is 10.1 Å². The molecule has 2 heteroatoms. The topological polar surface area (TPSA) is 21.3 Å². The normalized spacial score (nSPS) is 14.5. The van der Waals surface area contributed by atoms with Crippen LogP contribution in [0.1, 0.15) is 58.8 Å². The first-order valence-corrected chi connectivity index (χ1v) is 7.07. The van der Waals surface area contributed by atoms with Crippen LogP contribution in [0.2, 0.25) is 0 Å². The van der Waals surface area contributed by atoms with Crippen molar-refractivity contribution in [1.82, 2.24) is 5.32 Å². The number of nitrogens with one attached hydrogen (secondary N) is 1. The Kier molecular flexibility index (Phi) is 5.17. The first-order chi connectivity index (χ1) is 8.58. The second-order valence-electron chi connectivity index (χ2n) is 7.21. The third-order valence-corrected chi connectivity index (χ3v) is 2.85. The number of benzene rings is 1. The van der Waals surface area contributed by atoms with Gasteiger partial charge in [-0.1, -0.05) is 24.3 Å².